The first kappa shape index (κ1) is 27.8. The highest BCUT2D eigenvalue weighted by atomic mass is 19.1. The lowest BCUT2D eigenvalue weighted by molar-refractivity contribution is -0.118. The van der Waals surface area contributed by atoms with E-state index in [1.54, 1.807) is 18.2 Å². The molecule has 0 spiro atoms. The number of benzene rings is 3. The molecule has 43 heavy (non-hydrogen) atoms. The van der Waals surface area contributed by atoms with Gasteiger partial charge in [0.05, 0.1) is 11.7 Å². The van der Waals surface area contributed by atoms with Crippen LogP contribution in [0, 0.1) is 22.6 Å². The van der Waals surface area contributed by atoms with Gasteiger partial charge in [0, 0.05) is 29.3 Å². The number of para-hydroxylation sites is 1. The van der Waals surface area contributed by atoms with Gasteiger partial charge in [-0.3, -0.25) is 14.5 Å². The fraction of sp³-hybridized carbons (Fsp3) is 0.206. The second-order valence-corrected chi connectivity index (χ2v) is 11.4. The zero-order valence-corrected chi connectivity index (χ0v) is 23.6. The third-order valence-corrected chi connectivity index (χ3v) is 7.67. The van der Waals surface area contributed by atoms with Gasteiger partial charge in [0.2, 0.25) is 5.76 Å². The van der Waals surface area contributed by atoms with Gasteiger partial charge >= 0.3 is 0 Å². The van der Waals surface area contributed by atoms with Crippen LogP contribution >= 0.6 is 0 Å². The number of phenolic OH excluding ortho intramolecular Hbond substituents is 1. The number of aromatic hydroxyl groups is 1. The SMILES string of the molecule is CC1(C)CC(=O)C2=C(C1)Nc1c(O)cccc1N(C(=O)c1ccc(C#N)o1)C2c1ccc(OCc2ccccc2)cc1F. The summed E-state index contributed by atoms with van der Waals surface area (Å²) in [6.07, 6.45) is 0.590. The average molecular weight is 578 g/mol. The molecule has 1 aliphatic heterocycles. The van der Waals surface area contributed by atoms with Crippen LogP contribution in [0.3, 0.4) is 0 Å². The van der Waals surface area contributed by atoms with Crippen LogP contribution in [0.25, 0.3) is 0 Å². The van der Waals surface area contributed by atoms with Gasteiger partial charge in [0.1, 0.15) is 35.7 Å². The van der Waals surface area contributed by atoms with Gasteiger partial charge in [-0.05, 0) is 53.8 Å². The number of carbonyl (C=O) groups excluding carboxylic acids is 2. The number of anilines is 2. The van der Waals surface area contributed by atoms with Gasteiger partial charge < -0.3 is 19.6 Å². The molecule has 4 aromatic rings. The lowest BCUT2D eigenvalue weighted by Crippen LogP contribution is -2.39. The van der Waals surface area contributed by atoms with Gasteiger partial charge in [-0.15, -0.1) is 0 Å². The van der Waals surface area contributed by atoms with E-state index >= 15 is 4.39 Å². The Morgan fingerprint density at radius 3 is 2.63 bits per heavy atom. The number of nitriles is 1. The van der Waals surface area contributed by atoms with Gasteiger partial charge in [0.15, 0.2) is 11.5 Å². The Hall–Kier alpha value is -5.36. The minimum Gasteiger partial charge on any atom is -0.506 e. The number of nitrogens with one attached hydrogen (secondary N) is 1. The lowest BCUT2D eigenvalue weighted by Gasteiger charge is -2.37. The molecule has 216 valence electrons. The van der Waals surface area contributed by atoms with Crippen molar-refractivity contribution in [1.82, 2.24) is 0 Å². The van der Waals surface area contributed by atoms with Crippen LogP contribution in [0.5, 0.6) is 11.5 Å². The van der Waals surface area contributed by atoms with Crippen molar-refractivity contribution < 1.29 is 28.2 Å². The summed E-state index contributed by atoms with van der Waals surface area (Å²) in [7, 11) is 0. The molecule has 6 rings (SSSR count). The van der Waals surface area contributed by atoms with Crippen molar-refractivity contribution in [2.24, 2.45) is 5.41 Å². The molecule has 9 heteroatoms. The molecule has 0 radical (unpaired) electrons. The van der Waals surface area contributed by atoms with Gasteiger partial charge in [-0.1, -0.05) is 50.2 Å². The van der Waals surface area contributed by atoms with E-state index in [2.05, 4.69) is 5.32 Å². The predicted octanol–water partition coefficient (Wildman–Crippen LogP) is 7.03. The zero-order chi connectivity index (χ0) is 30.3. The number of hydrogen-bond acceptors (Lipinski definition) is 7. The lowest BCUT2D eigenvalue weighted by atomic mass is 9.73. The Bertz CT molecular complexity index is 1820. The van der Waals surface area contributed by atoms with E-state index in [0.29, 0.717) is 12.1 Å². The molecule has 1 atom stereocenters. The Labute approximate surface area is 247 Å². The average Bonchev–Trinajstić information content (AvgIpc) is 3.41. The molecule has 1 aliphatic carbocycles. The van der Waals surface area contributed by atoms with Crippen LogP contribution in [0.4, 0.5) is 15.8 Å². The number of carbonyl (C=O) groups is 2. The van der Waals surface area contributed by atoms with E-state index in [4.69, 9.17) is 9.15 Å². The Morgan fingerprint density at radius 1 is 1.12 bits per heavy atom. The van der Waals surface area contributed by atoms with Crippen LogP contribution < -0.4 is 15.0 Å². The standard InChI is InChI=1S/C34H28FN3O5/c1-34(2)16-25-30(28(40)17-34)32(23-13-11-21(15-24(23)35)42-19-20-7-4-3-5-8-20)38(26-9-6-10-27(39)31(26)37-25)33(41)29-14-12-22(18-36)43-29/h3-15,32,37,39H,16-17,19H2,1-2H3. The third-order valence-electron chi connectivity index (χ3n) is 7.67. The molecular weight excluding hydrogens is 549 g/mol. The van der Waals surface area contributed by atoms with Crippen molar-refractivity contribution in [1.29, 1.82) is 5.26 Å². The number of ether oxygens (including phenoxy) is 1. The zero-order valence-electron chi connectivity index (χ0n) is 23.6. The predicted molar refractivity (Wildman–Crippen MR) is 157 cm³/mol. The highest BCUT2D eigenvalue weighted by Gasteiger charge is 2.45. The first-order chi connectivity index (χ1) is 20.6. The number of fused-ring (bicyclic) bond motifs is 1. The molecular formula is C34H28FN3O5. The maximum atomic E-state index is 16.2. The molecule has 0 bridgehead atoms. The highest BCUT2D eigenvalue weighted by molar-refractivity contribution is 6.11. The minimum atomic E-state index is -1.22. The van der Waals surface area contributed by atoms with E-state index in [9.17, 15) is 20.0 Å². The molecule has 1 aromatic heterocycles. The summed E-state index contributed by atoms with van der Waals surface area (Å²) in [6, 6.07) is 21.8. The highest BCUT2D eigenvalue weighted by Crippen LogP contribution is 2.51. The summed E-state index contributed by atoms with van der Waals surface area (Å²) in [5.74, 6) is -1.77. The summed E-state index contributed by atoms with van der Waals surface area (Å²) in [5, 5.41) is 23.4. The monoisotopic (exact) mass is 577 g/mol. The Kier molecular flexibility index (Phi) is 6.98. The van der Waals surface area contributed by atoms with Crippen molar-refractivity contribution in [3.05, 3.63) is 119 Å². The van der Waals surface area contributed by atoms with Crippen LogP contribution in [0.1, 0.15) is 60.2 Å². The number of nitrogens with zero attached hydrogens (tertiary/aromatic N) is 2. The maximum absolute atomic E-state index is 16.2. The van der Waals surface area contributed by atoms with Crippen molar-refractivity contribution in [3.8, 4) is 17.6 Å². The number of phenols is 1. The molecule has 2 N–H and O–H groups in total. The van der Waals surface area contributed by atoms with Crippen molar-refractivity contribution >= 4 is 23.1 Å². The fourth-order valence-corrected chi connectivity index (χ4v) is 5.75. The van der Waals surface area contributed by atoms with Crippen LogP contribution in [0.15, 0.2) is 94.6 Å². The van der Waals surface area contributed by atoms with Crippen molar-refractivity contribution in [2.45, 2.75) is 39.3 Å². The van der Waals surface area contributed by atoms with Crippen LogP contribution in [-0.4, -0.2) is 16.8 Å². The fourth-order valence-electron chi connectivity index (χ4n) is 5.75. The summed E-state index contributed by atoms with van der Waals surface area (Å²) in [5.41, 5.74) is 1.67. The molecule has 2 heterocycles. The number of furan rings is 1. The van der Waals surface area contributed by atoms with Crippen molar-refractivity contribution in [3.63, 3.8) is 0 Å². The van der Waals surface area contributed by atoms with E-state index in [0.717, 1.165) is 5.56 Å². The number of ketones is 1. The number of amides is 1. The van der Waals surface area contributed by atoms with Gasteiger partial charge in [0.25, 0.3) is 5.91 Å². The summed E-state index contributed by atoms with van der Waals surface area (Å²) in [6.45, 7) is 4.14. The Balaban J connectivity index is 1.52. The number of rotatable bonds is 5. The molecule has 0 saturated carbocycles. The van der Waals surface area contributed by atoms with E-state index in [1.807, 2.05) is 50.2 Å². The molecule has 0 saturated heterocycles. The second-order valence-electron chi connectivity index (χ2n) is 11.4. The quantitative estimate of drug-likeness (QED) is 0.245. The largest absolute Gasteiger partial charge is 0.506 e. The van der Waals surface area contributed by atoms with Crippen molar-refractivity contribution in [2.75, 3.05) is 10.2 Å². The molecule has 3 aromatic carbocycles. The normalized spacial score (nSPS) is 17.3. The Morgan fingerprint density at radius 2 is 1.91 bits per heavy atom. The third kappa shape index (κ3) is 5.24. The number of halogens is 1. The summed E-state index contributed by atoms with van der Waals surface area (Å²) in [4.78, 5) is 29.4. The van der Waals surface area contributed by atoms with Crippen LogP contribution in [0.2, 0.25) is 0 Å². The molecule has 1 amide bonds. The molecule has 0 fully saturated rings. The summed E-state index contributed by atoms with van der Waals surface area (Å²) < 4.78 is 27.5. The number of hydrogen-bond donors (Lipinski definition) is 2. The molecule has 8 nitrogen and oxygen atoms in total. The number of Topliss-reactive ketones (excluding diaryl/α,β-unsaturated/α-hetero) is 1. The first-order valence-electron chi connectivity index (χ1n) is 13.8. The van der Waals surface area contributed by atoms with Crippen LogP contribution in [-0.2, 0) is 11.4 Å². The smallest absolute Gasteiger partial charge is 0.294 e. The molecule has 2 aliphatic rings. The van der Waals surface area contributed by atoms with Gasteiger partial charge in [-0.25, -0.2) is 4.39 Å². The van der Waals surface area contributed by atoms with Gasteiger partial charge in [-0.2, -0.15) is 5.26 Å². The van der Waals surface area contributed by atoms with E-state index in [-0.39, 0.29) is 64.3 Å². The molecule has 1 unspecified atom stereocenters. The van der Waals surface area contributed by atoms with E-state index < -0.39 is 23.2 Å². The number of allylic oxidation sites excluding steroid dienone is 1. The maximum Gasteiger partial charge on any atom is 0.294 e. The second kappa shape index (κ2) is 10.8. The summed E-state index contributed by atoms with van der Waals surface area (Å²) >= 11 is 0. The first-order valence-corrected chi connectivity index (χ1v) is 13.8. The topological polar surface area (TPSA) is 116 Å². The minimum absolute atomic E-state index is 0.0611. The van der Waals surface area contributed by atoms with E-state index in [1.165, 1.54) is 35.2 Å².